The van der Waals surface area contributed by atoms with Crippen LogP contribution in [-0.4, -0.2) is 26.9 Å². The number of hydrogen-bond acceptors (Lipinski definition) is 5. The van der Waals surface area contributed by atoms with E-state index in [1.165, 1.54) is 18.1 Å². The van der Waals surface area contributed by atoms with Crippen molar-refractivity contribution in [2.75, 3.05) is 12.0 Å². The second-order valence-corrected chi connectivity index (χ2v) is 7.77. The first-order chi connectivity index (χ1) is 11.8. The molecule has 0 bridgehead atoms. The number of anilines is 1. The Kier molecular flexibility index (Phi) is 4.43. The normalized spacial score (nSPS) is 15.4. The van der Waals surface area contributed by atoms with Crippen molar-refractivity contribution in [3.05, 3.63) is 48.0 Å². The number of rotatable bonds is 5. The smallest absolute Gasteiger partial charge is 0.348 e. The molecule has 1 amide bonds. The van der Waals surface area contributed by atoms with Crippen LogP contribution < -0.4 is 14.4 Å². The Balaban J connectivity index is 1.94. The fourth-order valence-electron chi connectivity index (χ4n) is 2.74. The summed E-state index contributed by atoms with van der Waals surface area (Å²) in [6, 6.07) is 11.7. The minimum Gasteiger partial charge on any atom is -0.493 e. The summed E-state index contributed by atoms with van der Waals surface area (Å²) in [5, 5.41) is -0.907. The quantitative estimate of drug-likeness (QED) is 0.816. The maximum atomic E-state index is 12.3. The molecule has 0 saturated heterocycles. The van der Waals surface area contributed by atoms with Gasteiger partial charge in [0.15, 0.2) is 11.5 Å². The van der Waals surface area contributed by atoms with Crippen LogP contribution >= 0.6 is 0 Å². The van der Waals surface area contributed by atoms with Crippen LogP contribution in [0.25, 0.3) is 0 Å². The molecule has 1 aliphatic rings. The Morgan fingerprint density at radius 1 is 1.08 bits per heavy atom. The van der Waals surface area contributed by atoms with E-state index in [4.69, 9.17) is 9.47 Å². The number of methoxy groups -OCH3 is 1. The molecule has 7 heteroatoms. The van der Waals surface area contributed by atoms with Crippen LogP contribution in [0.15, 0.2) is 47.4 Å². The fraction of sp³-hybridized carbons (Fsp3) is 0.278. The number of amides is 1. The van der Waals surface area contributed by atoms with Gasteiger partial charge >= 0.3 is 5.24 Å². The number of carbonyl (C=O) groups is 1. The molecule has 25 heavy (non-hydrogen) atoms. The predicted molar refractivity (Wildman–Crippen MR) is 94.0 cm³/mol. The molecule has 1 heterocycles. The molecule has 6 nitrogen and oxygen atoms in total. The summed E-state index contributed by atoms with van der Waals surface area (Å²) in [6.07, 6.45) is -0.00284. The summed E-state index contributed by atoms with van der Waals surface area (Å²) in [5.74, 6) is 1.14. The first kappa shape index (κ1) is 17.3. The Morgan fingerprint density at radius 2 is 1.80 bits per heavy atom. The number of carbonyl (C=O) groups excluding carboxylic acids is 1. The monoisotopic (exact) mass is 361 g/mol. The lowest BCUT2D eigenvalue weighted by Crippen LogP contribution is -2.28. The third kappa shape index (κ3) is 3.07. The van der Waals surface area contributed by atoms with Crippen molar-refractivity contribution in [1.82, 2.24) is 0 Å². The number of para-hydroxylation sites is 1. The number of fused-ring (bicyclic) bond motifs is 1. The van der Waals surface area contributed by atoms with Crippen LogP contribution in [0.3, 0.4) is 0 Å². The van der Waals surface area contributed by atoms with Gasteiger partial charge in [-0.25, -0.2) is 8.42 Å². The first-order valence-corrected chi connectivity index (χ1v) is 9.32. The standard InChI is InChI=1S/C18H19NO5S/c1-12(2)24-15-9-8-13(10-16(15)23-3)11-19-14-6-4-5-7-17(14)25(21,22)18(19)20/h4-10,12H,11H2,1-3H3. The maximum Gasteiger partial charge on any atom is 0.348 e. The maximum absolute atomic E-state index is 12.3. The Morgan fingerprint density at radius 3 is 2.48 bits per heavy atom. The van der Waals surface area contributed by atoms with Crippen molar-refractivity contribution in [1.29, 1.82) is 0 Å². The van der Waals surface area contributed by atoms with Crippen molar-refractivity contribution in [2.24, 2.45) is 0 Å². The highest BCUT2D eigenvalue weighted by molar-refractivity contribution is 8.07. The van der Waals surface area contributed by atoms with Crippen LogP contribution in [-0.2, 0) is 16.4 Å². The average Bonchev–Trinajstić information content (AvgIpc) is 2.77. The molecule has 0 fully saturated rings. The van der Waals surface area contributed by atoms with Gasteiger partial charge in [-0.1, -0.05) is 18.2 Å². The zero-order valence-electron chi connectivity index (χ0n) is 14.2. The molecule has 0 radical (unpaired) electrons. The summed E-state index contributed by atoms with van der Waals surface area (Å²) < 4.78 is 35.5. The van der Waals surface area contributed by atoms with Gasteiger partial charge in [-0.2, -0.15) is 0 Å². The summed E-state index contributed by atoms with van der Waals surface area (Å²) >= 11 is 0. The second-order valence-electron chi connectivity index (χ2n) is 5.98. The molecular weight excluding hydrogens is 342 g/mol. The zero-order valence-corrected chi connectivity index (χ0v) is 15.0. The third-order valence-corrected chi connectivity index (χ3v) is 5.43. The Labute approximate surface area is 146 Å². The van der Waals surface area contributed by atoms with Crippen LogP contribution in [0, 0.1) is 0 Å². The van der Waals surface area contributed by atoms with Crippen LogP contribution in [0.1, 0.15) is 19.4 Å². The average molecular weight is 361 g/mol. The molecule has 0 unspecified atom stereocenters. The fourth-order valence-corrected chi connectivity index (χ4v) is 4.09. The minimum absolute atomic E-state index is 0.00284. The van der Waals surface area contributed by atoms with Gasteiger partial charge in [0.05, 0.1) is 25.4 Å². The molecular formula is C18H19NO5S. The lowest BCUT2D eigenvalue weighted by molar-refractivity contribution is 0.230. The third-order valence-electron chi connectivity index (χ3n) is 3.83. The van der Waals surface area contributed by atoms with Crippen LogP contribution in [0.2, 0.25) is 0 Å². The highest BCUT2D eigenvalue weighted by atomic mass is 32.2. The van der Waals surface area contributed by atoms with Crippen molar-refractivity contribution in [3.63, 3.8) is 0 Å². The summed E-state index contributed by atoms with van der Waals surface area (Å²) in [4.78, 5) is 13.7. The second kappa shape index (κ2) is 6.40. The van der Waals surface area contributed by atoms with E-state index in [0.29, 0.717) is 17.2 Å². The molecule has 0 spiro atoms. The van der Waals surface area contributed by atoms with E-state index in [9.17, 15) is 13.2 Å². The number of benzene rings is 2. The Bertz CT molecular complexity index is 921. The van der Waals surface area contributed by atoms with E-state index in [1.54, 1.807) is 36.4 Å². The largest absolute Gasteiger partial charge is 0.493 e. The van der Waals surface area contributed by atoms with Gasteiger partial charge in [0.1, 0.15) is 4.90 Å². The van der Waals surface area contributed by atoms with Crippen molar-refractivity contribution < 1.29 is 22.7 Å². The SMILES string of the molecule is COc1cc(CN2C(=O)S(=O)(=O)c3ccccc32)ccc1OC(C)C. The van der Waals surface area contributed by atoms with E-state index in [-0.39, 0.29) is 17.5 Å². The lowest BCUT2D eigenvalue weighted by atomic mass is 10.1. The number of hydrogen-bond donors (Lipinski definition) is 0. The molecule has 1 aliphatic heterocycles. The zero-order chi connectivity index (χ0) is 18.2. The molecule has 2 aromatic carbocycles. The molecule has 0 aromatic heterocycles. The molecule has 0 atom stereocenters. The van der Waals surface area contributed by atoms with Gasteiger partial charge in [-0.3, -0.25) is 9.69 Å². The summed E-state index contributed by atoms with van der Waals surface area (Å²) in [7, 11) is -2.43. The van der Waals surface area contributed by atoms with E-state index in [1.807, 2.05) is 13.8 Å². The predicted octanol–water partition coefficient (Wildman–Crippen LogP) is 3.40. The van der Waals surface area contributed by atoms with E-state index >= 15 is 0 Å². The summed E-state index contributed by atoms with van der Waals surface area (Å²) in [5.41, 5.74) is 1.14. The van der Waals surface area contributed by atoms with Crippen LogP contribution in [0.5, 0.6) is 11.5 Å². The van der Waals surface area contributed by atoms with Gasteiger partial charge in [0.2, 0.25) is 0 Å². The molecule has 3 rings (SSSR count). The number of nitrogens with zero attached hydrogens (tertiary/aromatic N) is 1. The molecule has 132 valence electrons. The van der Waals surface area contributed by atoms with E-state index in [0.717, 1.165) is 5.56 Å². The van der Waals surface area contributed by atoms with Crippen molar-refractivity contribution >= 4 is 20.8 Å². The van der Waals surface area contributed by atoms with Crippen molar-refractivity contribution in [3.8, 4) is 11.5 Å². The van der Waals surface area contributed by atoms with Crippen molar-refractivity contribution in [2.45, 2.75) is 31.4 Å². The van der Waals surface area contributed by atoms with Gasteiger partial charge in [-0.05, 0) is 43.7 Å². The van der Waals surface area contributed by atoms with Gasteiger partial charge in [0.25, 0.3) is 9.84 Å². The topological polar surface area (TPSA) is 72.9 Å². The molecule has 0 aliphatic carbocycles. The van der Waals surface area contributed by atoms with Gasteiger partial charge < -0.3 is 9.47 Å². The Hall–Kier alpha value is -2.54. The molecule has 0 N–H and O–H groups in total. The van der Waals surface area contributed by atoms with Gasteiger partial charge in [0, 0.05) is 0 Å². The van der Waals surface area contributed by atoms with Gasteiger partial charge in [-0.15, -0.1) is 0 Å². The number of sulfone groups is 1. The first-order valence-electron chi connectivity index (χ1n) is 7.83. The molecule has 2 aromatic rings. The minimum atomic E-state index is -3.96. The highest BCUT2D eigenvalue weighted by Crippen LogP contribution is 2.37. The van der Waals surface area contributed by atoms with E-state index < -0.39 is 15.1 Å². The summed E-state index contributed by atoms with van der Waals surface area (Å²) in [6.45, 7) is 3.96. The lowest BCUT2D eigenvalue weighted by Gasteiger charge is -2.18. The highest BCUT2D eigenvalue weighted by Gasteiger charge is 2.41. The number of ether oxygens (including phenoxy) is 2. The van der Waals surface area contributed by atoms with Crippen LogP contribution in [0.4, 0.5) is 10.5 Å². The molecule has 0 saturated carbocycles. The van der Waals surface area contributed by atoms with E-state index in [2.05, 4.69) is 0 Å².